The SMILES string of the molecule is CCCCCC[C@H]1CC[C@H](CCc2ccc(C#N)cc2F)CC1. The van der Waals surface area contributed by atoms with Gasteiger partial charge < -0.3 is 0 Å². The predicted molar refractivity (Wildman–Crippen MR) is 93.6 cm³/mol. The topological polar surface area (TPSA) is 23.8 Å². The molecule has 1 aromatic carbocycles. The number of hydrogen-bond donors (Lipinski definition) is 0. The average Bonchev–Trinajstić information content (AvgIpc) is 2.58. The first kappa shape index (κ1) is 18.0. The maximum absolute atomic E-state index is 13.9. The van der Waals surface area contributed by atoms with Gasteiger partial charge in [0.1, 0.15) is 5.82 Å². The van der Waals surface area contributed by atoms with Gasteiger partial charge in [-0.15, -0.1) is 0 Å². The van der Waals surface area contributed by atoms with E-state index < -0.39 is 0 Å². The van der Waals surface area contributed by atoms with Crippen LogP contribution in [0.2, 0.25) is 0 Å². The Morgan fingerprint density at radius 3 is 2.35 bits per heavy atom. The molecule has 0 N–H and O–H groups in total. The molecule has 2 heteroatoms. The summed E-state index contributed by atoms with van der Waals surface area (Å²) in [6, 6.07) is 6.87. The third-order valence-electron chi connectivity index (χ3n) is 5.44. The zero-order valence-corrected chi connectivity index (χ0v) is 14.5. The number of unbranched alkanes of at least 4 members (excludes halogenated alkanes) is 3. The molecule has 1 aliphatic carbocycles. The number of rotatable bonds is 8. The van der Waals surface area contributed by atoms with Crippen molar-refractivity contribution < 1.29 is 4.39 Å². The zero-order valence-electron chi connectivity index (χ0n) is 14.5. The zero-order chi connectivity index (χ0) is 16.5. The van der Waals surface area contributed by atoms with E-state index in [0.717, 1.165) is 30.2 Å². The molecule has 1 saturated carbocycles. The fourth-order valence-electron chi connectivity index (χ4n) is 3.85. The second-order valence-corrected chi connectivity index (χ2v) is 7.19. The highest BCUT2D eigenvalue weighted by atomic mass is 19.1. The third kappa shape index (κ3) is 5.98. The second kappa shape index (κ2) is 9.71. The highest BCUT2D eigenvalue weighted by Gasteiger charge is 2.21. The van der Waals surface area contributed by atoms with Crippen molar-refractivity contribution in [2.24, 2.45) is 11.8 Å². The first-order chi connectivity index (χ1) is 11.2. The molecule has 0 saturated heterocycles. The van der Waals surface area contributed by atoms with Crippen LogP contribution in [0.15, 0.2) is 18.2 Å². The summed E-state index contributed by atoms with van der Waals surface area (Å²) in [5.74, 6) is 1.49. The summed E-state index contributed by atoms with van der Waals surface area (Å²) in [6.45, 7) is 2.27. The van der Waals surface area contributed by atoms with Gasteiger partial charge in [0.05, 0.1) is 11.6 Å². The van der Waals surface area contributed by atoms with Crippen molar-refractivity contribution in [2.45, 2.75) is 77.6 Å². The van der Waals surface area contributed by atoms with Crippen LogP contribution in [0.3, 0.4) is 0 Å². The van der Waals surface area contributed by atoms with E-state index in [2.05, 4.69) is 6.92 Å². The monoisotopic (exact) mass is 315 g/mol. The molecule has 0 radical (unpaired) electrons. The molecule has 0 amide bonds. The highest BCUT2D eigenvalue weighted by Crippen LogP contribution is 2.34. The van der Waals surface area contributed by atoms with Crippen molar-refractivity contribution in [3.8, 4) is 6.07 Å². The Morgan fingerprint density at radius 2 is 1.74 bits per heavy atom. The highest BCUT2D eigenvalue weighted by molar-refractivity contribution is 5.32. The Balaban J connectivity index is 1.68. The fraction of sp³-hybridized carbons (Fsp3) is 0.667. The summed E-state index contributed by atoms with van der Waals surface area (Å²) in [5, 5.41) is 8.79. The quantitative estimate of drug-likeness (QED) is 0.509. The van der Waals surface area contributed by atoms with Gasteiger partial charge in [-0.05, 0) is 42.4 Å². The van der Waals surface area contributed by atoms with Gasteiger partial charge in [-0.3, -0.25) is 0 Å². The summed E-state index contributed by atoms with van der Waals surface area (Å²) in [7, 11) is 0. The molecule has 0 atom stereocenters. The molecular weight excluding hydrogens is 285 g/mol. The lowest BCUT2D eigenvalue weighted by molar-refractivity contribution is 0.248. The van der Waals surface area contributed by atoms with Gasteiger partial charge in [0.15, 0.2) is 0 Å². The lowest BCUT2D eigenvalue weighted by Gasteiger charge is -2.28. The first-order valence-electron chi connectivity index (χ1n) is 9.41. The van der Waals surface area contributed by atoms with Crippen LogP contribution in [0.1, 0.15) is 82.3 Å². The minimum atomic E-state index is -0.214. The molecule has 1 fully saturated rings. The minimum Gasteiger partial charge on any atom is -0.207 e. The lowest BCUT2D eigenvalue weighted by Crippen LogP contribution is -2.15. The van der Waals surface area contributed by atoms with Gasteiger partial charge in [-0.25, -0.2) is 4.39 Å². The van der Waals surface area contributed by atoms with Crippen molar-refractivity contribution in [1.29, 1.82) is 5.26 Å². The number of hydrogen-bond acceptors (Lipinski definition) is 1. The van der Waals surface area contributed by atoms with Gasteiger partial charge in [-0.2, -0.15) is 5.26 Å². The van der Waals surface area contributed by atoms with Gasteiger partial charge in [0.25, 0.3) is 0 Å². The number of nitriles is 1. The molecule has 0 unspecified atom stereocenters. The second-order valence-electron chi connectivity index (χ2n) is 7.19. The summed E-state index contributed by atoms with van der Waals surface area (Å²) < 4.78 is 13.9. The standard InChI is InChI=1S/C21H30FN/c1-2-3-4-5-6-17-7-9-18(10-8-17)11-13-20-14-12-19(16-23)15-21(20)22/h12,14-15,17-18H,2-11,13H2,1H3/t17-,18-. The van der Waals surface area contributed by atoms with Crippen molar-refractivity contribution in [1.82, 2.24) is 0 Å². The van der Waals surface area contributed by atoms with E-state index in [1.54, 1.807) is 12.1 Å². The molecule has 23 heavy (non-hydrogen) atoms. The molecule has 126 valence electrons. The maximum Gasteiger partial charge on any atom is 0.127 e. The van der Waals surface area contributed by atoms with E-state index in [-0.39, 0.29) is 5.82 Å². The van der Waals surface area contributed by atoms with Crippen LogP contribution in [-0.4, -0.2) is 0 Å². The molecule has 0 aromatic heterocycles. The van der Waals surface area contributed by atoms with E-state index in [1.807, 2.05) is 6.07 Å². The summed E-state index contributed by atoms with van der Waals surface area (Å²) in [6.07, 6.45) is 14.2. The smallest absolute Gasteiger partial charge is 0.127 e. The molecule has 1 aromatic rings. The normalized spacial score (nSPS) is 21.1. The van der Waals surface area contributed by atoms with Crippen molar-refractivity contribution in [3.63, 3.8) is 0 Å². The van der Waals surface area contributed by atoms with Crippen LogP contribution in [0.25, 0.3) is 0 Å². The van der Waals surface area contributed by atoms with E-state index in [0.29, 0.717) is 5.56 Å². The van der Waals surface area contributed by atoms with Crippen LogP contribution in [0.4, 0.5) is 4.39 Å². The fourth-order valence-corrected chi connectivity index (χ4v) is 3.85. The van der Waals surface area contributed by atoms with E-state index in [1.165, 1.54) is 63.9 Å². The van der Waals surface area contributed by atoms with Crippen LogP contribution < -0.4 is 0 Å². The first-order valence-corrected chi connectivity index (χ1v) is 9.41. The Morgan fingerprint density at radius 1 is 1.04 bits per heavy atom. The van der Waals surface area contributed by atoms with Gasteiger partial charge >= 0.3 is 0 Å². The van der Waals surface area contributed by atoms with Crippen LogP contribution >= 0.6 is 0 Å². The van der Waals surface area contributed by atoms with Crippen LogP contribution in [0.5, 0.6) is 0 Å². The average molecular weight is 315 g/mol. The van der Waals surface area contributed by atoms with E-state index in [9.17, 15) is 4.39 Å². The van der Waals surface area contributed by atoms with Crippen molar-refractivity contribution in [2.75, 3.05) is 0 Å². The van der Waals surface area contributed by atoms with E-state index >= 15 is 0 Å². The summed E-state index contributed by atoms with van der Waals surface area (Å²) in [5.41, 5.74) is 1.18. The Labute approximate surface area is 140 Å². The van der Waals surface area contributed by atoms with Crippen LogP contribution in [-0.2, 0) is 6.42 Å². The molecule has 1 aliphatic rings. The third-order valence-corrected chi connectivity index (χ3v) is 5.44. The number of aryl methyl sites for hydroxylation is 1. The molecule has 2 rings (SSSR count). The molecule has 0 bridgehead atoms. The number of nitrogens with zero attached hydrogens (tertiary/aromatic N) is 1. The van der Waals surface area contributed by atoms with Gasteiger partial charge in [0, 0.05) is 0 Å². The number of halogens is 1. The number of benzene rings is 1. The predicted octanol–water partition coefficient (Wildman–Crippen LogP) is 6.41. The summed E-state index contributed by atoms with van der Waals surface area (Å²) in [4.78, 5) is 0. The lowest BCUT2D eigenvalue weighted by atomic mass is 9.77. The van der Waals surface area contributed by atoms with Crippen molar-refractivity contribution in [3.05, 3.63) is 35.1 Å². The Bertz CT molecular complexity index is 509. The Kier molecular flexibility index (Phi) is 7.59. The molecule has 0 spiro atoms. The van der Waals surface area contributed by atoms with Gasteiger partial charge in [0.2, 0.25) is 0 Å². The molecular formula is C21H30FN. The molecule has 0 aliphatic heterocycles. The van der Waals surface area contributed by atoms with Crippen LogP contribution in [0, 0.1) is 29.0 Å². The Hall–Kier alpha value is -1.36. The maximum atomic E-state index is 13.9. The van der Waals surface area contributed by atoms with Gasteiger partial charge in [-0.1, -0.05) is 70.8 Å². The van der Waals surface area contributed by atoms with Crippen molar-refractivity contribution >= 4 is 0 Å². The largest absolute Gasteiger partial charge is 0.207 e. The molecule has 1 nitrogen and oxygen atoms in total. The molecule has 0 heterocycles. The van der Waals surface area contributed by atoms with E-state index in [4.69, 9.17) is 5.26 Å². The minimum absolute atomic E-state index is 0.214. The summed E-state index contributed by atoms with van der Waals surface area (Å²) >= 11 is 0.